The maximum absolute atomic E-state index is 11.7. The van der Waals surface area contributed by atoms with Gasteiger partial charge in [0.1, 0.15) is 6.29 Å². The number of carbonyl (C=O) groups excluding carboxylic acids is 1. The first-order valence-electron chi connectivity index (χ1n) is 8.21. The van der Waals surface area contributed by atoms with Crippen molar-refractivity contribution >= 4 is 6.29 Å². The van der Waals surface area contributed by atoms with E-state index in [1.807, 2.05) is 0 Å². The Morgan fingerprint density at radius 1 is 1.16 bits per heavy atom. The Hall–Kier alpha value is -0.370. The van der Waals surface area contributed by atoms with Crippen molar-refractivity contribution in [3.05, 3.63) is 0 Å². The monoisotopic (exact) mass is 265 g/mol. The smallest absolute Gasteiger partial charge is 0.127 e. The van der Waals surface area contributed by atoms with E-state index in [4.69, 9.17) is 0 Å². The van der Waals surface area contributed by atoms with Crippen LogP contribution in [0.3, 0.4) is 0 Å². The fraction of sp³-hybridized carbons (Fsp3) is 0.941. The van der Waals surface area contributed by atoms with E-state index in [0.29, 0.717) is 6.04 Å². The van der Waals surface area contributed by atoms with Crippen molar-refractivity contribution < 1.29 is 4.79 Å². The lowest BCUT2D eigenvalue weighted by Gasteiger charge is -2.42. The largest absolute Gasteiger partial charge is 0.303 e. The van der Waals surface area contributed by atoms with Gasteiger partial charge in [-0.25, -0.2) is 0 Å². The summed E-state index contributed by atoms with van der Waals surface area (Å²) in [6.07, 6.45) is 11.4. The lowest BCUT2D eigenvalue weighted by Crippen LogP contribution is -2.45. The molecule has 0 N–H and O–H groups in total. The second-order valence-electron chi connectivity index (χ2n) is 7.52. The predicted molar refractivity (Wildman–Crippen MR) is 80.2 cm³/mol. The Balaban J connectivity index is 1.95. The molecule has 4 unspecified atom stereocenters. The molecule has 0 amide bonds. The molecule has 0 aromatic heterocycles. The molecule has 2 nitrogen and oxygen atoms in total. The molecule has 0 bridgehead atoms. The van der Waals surface area contributed by atoms with Gasteiger partial charge in [-0.1, -0.05) is 39.5 Å². The van der Waals surface area contributed by atoms with E-state index >= 15 is 0 Å². The second kappa shape index (κ2) is 6.39. The minimum atomic E-state index is -0.0485. The SMILES string of the molecule is CC1CCCC(N(C)CC2(C=O)CCCC(C)C2)C1. The Labute approximate surface area is 118 Å². The van der Waals surface area contributed by atoms with E-state index in [1.165, 1.54) is 44.8 Å². The fourth-order valence-electron chi connectivity index (χ4n) is 4.42. The van der Waals surface area contributed by atoms with E-state index in [0.717, 1.165) is 31.2 Å². The first-order valence-corrected chi connectivity index (χ1v) is 8.21. The highest BCUT2D eigenvalue weighted by molar-refractivity contribution is 5.60. The fourth-order valence-corrected chi connectivity index (χ4v) is 4.42. The first-order chi connectivity index (χ1) is 9.04. The molecule has 2 heteroatoms. The van der Waals surface area contributed by atoms with Crippen LogP contribution >= 0.6 is 0 Å². The molecule has 0 aromatic rings. The molecule has 0 aromatic carbocycles. The van der Waals surface area contributed by atoms with E-state index in [2.05, 4.69) is 25.8 Å². The summed E-state index contributed by atoms with van der Waals surface area (Å²) in [5, 5.41) is 0. The van der Waals surface area contributed by atoms with Crippen LogP contribution in [0.1, 0.15) is 65.2 Å². The Bertz CT molecular complexity index is 304. The number of carbonyl (C=O) groups is 1. The van der Waals surface area contributed by atoms with Gasteiger partial charge in [-0.15, -0.1) is 0 Å². The first kappa shape index (κ1) is 15.0. The average molecular weight is 265 g/mol. The number of hydrogen-bond acceptors (Lipinski definition) is 2. The van der Waals surface area contributed by atoms with E-state index in [1.54, 1.807) is 0 Å². The molecule has 110 valence electrons. The number of aldehydes is 1. The molecule has 0 spiro atoms. The molecule has 2 saturated carbocycles. The van der Waals surface area contributed by atoms with Gasteiger partial charge in [-0.2, -0.15) is 0 Å². The van der Waals surface area contributed by atoms with Gasteiger partial charge in [0, 0.05) is 18.0 Å². The minimum absolute atomic E-state index is 0.0485. The number of hydrogen-bond donors (Lipinski definition) is 0. The van der Waals surface area contributed by atoms with E-state index in [9.17, 15) is 4.79 Å². The van der Waals surface area contributed by atoms with Crippen LogP contribution in [0.2, 0.25) is 0 Å². The van der Waals surface area contributed by atoms with Crippen LogP contribution in [0.4, 0.5) is 0 Å². The normalized spacial score (nSPS) is 40.3. The molecule has 4 atom stereocenters. The van der Waals surface area contributed by atoms with Crippen molar-refractivity contribution in [1.82, 2.24) is 4.90 Å². The van der Waals surface area contributed by atoms with Gasteiger partial charge in [-0.3, -0.25) is 0 Å². The minimum Gasteiger partial charge on any atom is -0.303 e. The van der Waals surface area contributed by atoms with E-state index < -0.39 is 0 Å². The molecule has 0 saturated heterocycles. The van der Waals surface area contributed by atoms with Crippen molar-refractivity contribution in [1.29, 1.82) is 0 Å². The maximum atomic E-state index is 11.7. The third-order valence-corrected chi connectivity index (χ3v) is 5.47. The quantitative estimate of drug-likeness (QED) is 0.719. The molecule has 0 heterocycles. The van der Waals surface area contributed by atoms with Crippen molar-refractivity contribution in [2.45, 2.75) is 71.3 Å². The van der Waals surface area contributed by atoms with Gasteiger partial charge >= 0.3 is 0 Å². The topological polar surface area (TPSA) is 20.3 Å². The second-order valence-corrected chi connectivity index (χ2v) is 7.52. The average Bonchev–Trinajstić information content (AvgIpc) is 2.38. The third kappa shape index (κ3) is 3.81. The summed E-state index contributed by atoms with van der Waals surface area (Å²) >= 11 is 0. The van der Waals surface area contributed by atoms with Gasteiger partial charge < -0.3 is 9.69 Å². The highest BCUT2D eigenvalue weighted by Gasteiger charge is 2.37. The zero-order valence-corrected chi connectivity index (χ0v) is 13.0. The summed E-state index contributed by atoms with van der Waals surface area (Å²) in [5.74, 6) is 1.58. The van der Waals surface area contributed by atoms with Gasteiger partial charge in [0.25, 0.3) is 0 Å². The van der Waals surface area contributed by atoms with Crippen molar-refractivity contribution in [2.75, 3.05) is 13.6 Å². The standard InChI is InChI=1S/C17H31NO/c1-14-6-4-8-16(10-14)18(3)12-17(13-19)9-5-7-15(2)11-17/h13-16H,4-12H2,1-3H3. The lowest BCUT2D eigenvalue weighted by atomic mass is 9.70. The lowest BCUT2D eigenvalue weighted by molar-refractivity contribution is -0.120. The molecule has 0 aliphatic heterocycles. The van der Waals surface area contributed by atoms with Gasteiger partial charge in [0.15, 0.2) is 0 Å². The summed E-state index contributed by atoms with van der Waals surface area (Å²) in [6.45, 7) is 5.66. The molecule has 2 fully saturated rings. The van der Waals surface area contributed by atoms with Crippen molar-refractivity contribution in [3.63, 3.8) is 0 Å². The van der Waals surface area contributed by atoms with Crippen LogP contribution in [0.5, 0.6) is 0 Å². The summed E-state index contributed by atoms with van der Waals surface area (Å²) in [6, 6.07) is 0.706. The molecular formula is C17H31NO. The summed E-state index contributed by atoms with van der Waals surface area (Å²) in [7, 11) is 2.24. The number of nitrogens with zero attached hydrogens (tertiary/aromatic N) is 1. The van der Waals surface area contributed by atoms with E-state index in [-0.39, 0.29) is 5.41 Å². The van der Waals surface area contributed by atoms with Crippen LogP contribution in [0, 0.1) is 17.3 Å². The Kier molecular flexibility index (Phi) is 5.05. The zero-order valence-electron chi connectivity index (χ0n) is 13.0. The van der Waals surface area contributed by atoms with Crippen molar-refractivity contribution in [2.24, 2.45) is 17.3 Å². The molecular weight excluding hydrogens is 234 g/mol. The maximum Gasteiger partial charge on any atom is 0.127 e. The molecule has 0 radical (unpaired) electrons. The zero-order chi connectivity index (χ0) is 13.9. The highest BCUT2D eigenvalue weighted by Crippen LogP contribution is 2.39. The van der Waals surface area contributed by atoms with Crippen molar-refractivity contribution in [3.8, 4) is 0 Å². The summed E-state index contributed by atoms with van der Waals surface area (Å²) in [4.78, 5) is 14.2. The number of rotatable bonds is 4. The summed E-state index contributed by atoms with van der Waals surface area (Å²) in [5.41, 5.74) is -0.0485. The van der Waals surface area contributed by atoms with Gasteiger partial charge in [0.05, 0.1) is 0 Å². The van der Waals surface area contributed by atoms with Gasteiger partial charge in [0.2, 0.25) is 0 Å². The molecule has 2 rings (SSSR count). The van der Waals surface area contributed by atoms with Crippen LogP contribution in [-0.2, 0) is 4.79 Å². The predicted octanol–water partition coefficient (Wildman–Crippen LogP) is 3.89. The highest BCUT2D eigenvalue weighted by atomic mass is 16.1. The Morgan fingerprint density at radius 2 is 1.89 bits per heavy atom. The van der Waals surface area contributed by atoms with Crippen LogP contribution in [-0.4, -0.2) is 30.8 Å². The molecule has 19 heavy (non-hydrogen) atoms. The van der Waals surface area contributed by atoms with Crippen LogP contribution in [0.25, 0.3) is 0 Å². The van der Waals surface area contributed by atoms with Crippen LogP contribution < -0.4 is 0 Å². The summed E-state index contributed by atoms with van der Waals surface area (Å²) < 4.78 is 0. The molecule has 2 aliphatic rings. The van der Waals surface area contributed by atoms with Gasteiger partial charge in [-0.05, 0) is 44.6 Å². The molecule has 2 aliphatic carbocycles. The van der Waals surface area contributed by atoms with Crippen LogP contribution in [0.15, 0.2) is 0 Å². The third-order valence-electron chi connectivity index (χ3n) is 5.47. The Morgan fingerprint density at radius 3 is 2.53 bits per heavy atom.